The second-order valence-electron chi connectivity index (χ2n) is 7.31. The van der Waals surface area contributed by atoms with E-state index in [1.165, 1.54) is 43.6 Å². The van der Waals surface area contributed by atoms with Crippen LogP contribution >= 0.6 is 11.6 Å². The van der Waals surface area contributed by atoms with Crippen molar-refractivity contribution in [3.8, 4) is 11.5 Å². The number of amides is 1. The van der Waals surface area contributed by atoms with Gasteiger partial charge in [0.15, 0.2) is 0 Å². The highest BCUT2D eigenvalue weighted by Gasteiger charge is 2.48. The van der Waals surface area contributed by atoms with Gasteiger partial charge in [-0.25, -0.2) is 0 Å². The van der Waals surface area contributed by atoms with Crippen LogP contribution in [0.4, 0.5) is 18.9 Å². The lowest BCUT2D eigenvalue weighted by Gasteiger charge is -2.25. The van der Waals surface area contributed by atoms with Gasteiger partial charge in [0, 0.05) is 23.5 Å². The number of aromatic nitrogens is 1. The van der Waals surface area contributed by atoms with Gasteiger partial charge in [0.2, 0.25) is 0 Å². The molecule has 2 aromatic carbocycles. The molecule has 0 spiro atoms. The molecule has 1 aliphatic rings. The number of pyridine rings is 1. The molecule has 1 aromatic heterocycles. The average Bonchev–Trinajstić information content (AvgIpc) is 3.09. The van der Waals surface area contributed by atoms with Gasteiger partial charge in [-0.05, 0) is 42.5 Å². The average molecular weight is 505 g/mol. The van der Waals surface area contributed by atoms with Gasteiger partial charge >= 0.3 is 6.36 Å². The number of nitrogens with zero attached hydrogens (tertiary/aromatic N) is 2. The van der Waals surface area contributed by atoms with Crippen molar-refractivity contribution in [1.29, 1.82) is 0 Å². The van der Waals surface area contributed by atoms with Crippen molar-refractivity contribution < 1.29 is 37.3 Å². The first kappa shape index (κ1) is 24.1. The van der Waals surface area contributed by atoms with E-state index in [9.17, 15) is 27.9 Å². The second-order valence-corrected chi connectivity index (χ2v) is 7.72. The predicted octanol–water partition coefficient (Wildman–Crippen LogP) is 5.27. The molecule has 35 heavy (non-hydrogen) atoms. The van der Waals surface area contributed by atoms with Gasteiger partial charge in [0.1, 0.15) is 23.3 Å². The summed E-state index contributed by atoms with van der Waals surface area (Å²) in [5.74, 6) is -3.00. The molecule has 0 saturated carbocycles. The molecule has 0 bridgehead atoms. The summed E-state index contributed by atoms with van der Waals surface area (Å²) in [5, 5.41) is 11.2. The Hall–Kier alpha value is -4.05. The minimum atomic E-state index is -4.96. The topological polar surface area (TPSA) is 89.0 Å². The van der Waals surface area contributed by atoms with Gasteiger partial charge < -0.3 is 14.6 Å². The second kappa shape index (κ2) is 9.30. The minimum absolute atomic E-state index is 0.0269. The zero-order valence-electron chi connectivity index (χ0n) is 17.9. The number of rotatable bonds is 5. The number of hydrogen-bond acceptors (Lipinski definition) is 6. The number of ether oxygens (including phenoxy) is 2. The van der Waals surface area contributed by atoms with Crippen LogP contribution in [0.3, 0.4) is 0 Å². The molecular weight excluding hydrogens is 489 g/mol. The molecule has 1 amide bonds. The minimum Gasteiger partial charge on any atom is -0.507 e. The van der Waals surface area contributed by atoms with Crippen LogP contribution in [0.15, 0.2) is 72.4 Å². The number of methoxy groups -OCH3 is 1. The van der Waals surface area contributed by atoms with E-state index in [-0.39, 0.29) is 27.5 Å². The Bertz CT molecular complexity index is 1330. The molecule has 1 aliphatic heterocycles. The molecule has 1 fully saturated rings. The fraction of sp³-hybridized carbons (Fsp3) is 0.125. The fourth-order valence-corrected chi connectivity index (χ4v) is 3.91. The van der Waals surface area contributed by atoms with Crippen molar-refractivity contribution in [3.05, 3.63) is 88.7 Å². The normalized spacial score (nSPS) is 17.5. The lowest BCUT2D eigenvalue weighted by molar-refractivity contribution is -0.274. The molecule has 0 aliphatic carbocycles. The number of ketones is 1. The first-order valence-electron chi connectivity index (χ1n) is 10.0. The molecule has 7 nitrogen and oxygen atoms in total. The number of aliphatic hydroxyl groups excluding tert-OH is 1. The fourth-order valence-electron chi connectivity index (χ4n) is 3.70. The van der Waals surface area contributed by atoms with Crippen LogP contribution < -0.4 is 14.4 Å². The van der Waals surface area contributed by atoms with Crippen molar-refractivity contribution in [2.75, 3.05) is 12.0 Å². The van der Waals surface area contributed by atoms with Crippen LogP contribution in [0.1, 0.15) is 17.3 Å². The lowest BCUT2D eigenvalue weighted by Crippen LogP contribution is -2.30. The Balaban J connectivity index is 1.92. The molecular formula is C24H16ClF3N2O5. The molecule has 3 aromatic rings. The molecule has 1 atom stereocenters. The number of carbonyl (C=O) groups excluding carboxylic acids is 2. The zero-order valence-corrected chi connectivity index (χ0v) is 18.7. The van der Waals surface area contributed by atoms with E-state index in [1.807, 2.05) is 0 Å². The number of halogens is 4. The maximum Gasteiger partial charge on any atom is 0.573 e. The van der Waals surface area contributed by atoms with E-state index in [1.54, 1.807) is 18.2 Å². The highest BCUT2D eigenvalue weighted by molar-refractivity contribution is 6.52. The predicted molar refractivity (Wildman–Crippen MR) is 120 cm³/mol. The summed E-state index contributed by atoms with van der Waals surface area (Å²) < 4.78 is 47.4. The van der Waals surface area contributed by atoms with Gasteiger partial charge in [-0.15, -0.1) is 13.2 Å². The van der Waals surface area contributed by atoms with Crippen LogP contribution in [0.5, 0.6) is 11.5 Å². The third-order valence-electron chi connectivity index (χ3n) is 5.17. The number of hydrogen-bond donors (Lipinski definition) is 1. The Morgan fingerprint density at radius 1 is 1.06 bits per heavy atom. The van der Waals surface area contributed by atoms with Crippen LogP contribution in [0, 0.1) is 0 Å². The molecule has 2 heterocycles. The third-order valence-corrected chi connectivity index (χ3v) is 5.50. The molecule has 4 rings (SSSR count). The molecule has 1 N–H and O–H groups in total. The number of benzene rings is 2. The molecule has 11 heteroatoms. The Labute approximate surface area is 202 Å². The van der Waals surface area contributed by atoms with Crippen molar-refractivity contribution in [2.45, 2.75) is 12.4 Å². The van der Waals surface area contributed by atoms with E-state index in [0.717, 1.165) is 17.0 Å². The summed E-state index contributed by atoms with van der Waals surface area (Å²) in [5.41, 5.74) is -0.195. The highest BCUT2D eigenvalue weighted by Crippen LogP contribution is 2.43. The largest absolute Gasteiger partial charge is 0.573 e. The van der Waals surface area contributed by atoms with Crippen molar-refractivity contribution >= 4 is 34.7 Å². The van der Waals surface area contributed by atoms with E-state index in [0.29, 0.717) is 5.75 Å². The Kier molecular flexibility index (Phi) is 6.40. The van der Waals surface area contributed by atoms with E-state index < -0.39 is 35.6 Å². The first-order chi connectivity index (χ1) is 16.6. The van der Waals surface area contributed by atoms with Gasteiger partial charge in [-0.3, -0.25) is 19.5 Å². The van der Waals surface area contributed by atoms with E-state index >= 15 is 0 Å². The zero-order chi connectivity index (χ0) is 25.3. The summed E-state index contributed by atoms with van der Waals surface area (Å²) in [6, 6.07) is 12.4. The van der Waals surface area contributed by atoms with Gasteiger partial charge in [0.05, 0.1) is 23.4 Å². The number of aliphatic hydroxyl groups is 1. The SMILES string of the molecule is COc1ccc(Cl)c(/C(O)=C2\C(=O)C(=O)N(c3cccc(OC(F)(F)F)c3)C2c2ccccn2)c1. The lowest BCUT2D eigenvalue weighted by atomic mass is 9.98. The van der Waals surface area contributed by atoms with Crippen molar-refractivity contribution in [3.63, 3.8) is 0 Å². The monoisotopic (exact) mass is 504 g/mol. The first-order valence-corrected chi connectivity index (χ1v) is 10.4. The number of anilines is 1. The van der Waals surface area contributed by atoms with E-state index in [4.69, 9.17) is 16.3 Å². The van der Waals surface area contributed by atoms with Crippen molar-refractivity contribution in [1.82, 2.24) is 4.98 Å². The third kappa shape index (κ3) is 4.78. The van der Waals surface area contributed by atoms with Crippen molar-refractivity contribution in [2.24, 2.45) is 0 Å². The van der Waals surface area contributed by atoms with Gasteiger partial charge in [0.25, 0.3) is 11.7 Å². The molecule has 1 unspecified atom stereocenters. The number of carbonyl (C=O) groups is 2. The van der Waals surface area contributed by atoms with Crippen LogP contribution in [-0.2, 0) is 9.59 Å². The molecule has 0 radical (unpaired) electrons. The summed E-state index contributed by atoms with van der Waals surface area (Å²) in [6.45, 7) is 0. The Morgan fingerprint density at radius 2 is 1.83 bits per heavy atom. The summed E-state index contributed by atoms with van der Waals surface area (Å²) in [6.07, 6.45) is -3.55. The summed E-state index contributed by atoms with van der Waals surface area (Å²) in [4.78, 5) is 31.4. The molecule has 1 saturated heterocycles. The van der Waals surface area contributed by atoms with E-state index in [2.05, 4.69) is 9.72 Å². The maximum atomic E-state index is 13.1. The summed E-state index contributed by atoms with van der Waals surface area (Å²) >= 11 is 6.24. The number of Topliss-reactive ketones (excluding diaryl/α,β-unsaturated/α-hetero) is 1. The maximum absolute atomic E-state index is 13.1. The standard InChI is InChI=1S/C24H16ClF3N2O5/c1-34-14-8-9-17(25)16(12-14)21(31)19-20(18-7-2-3-10-29-18)30(23(33)22(19)32)13-5-4-6-15(11-13)35-24(26,27)28/h2-12,20,31H,1H3/b21-19+. The van der Waals surface area contributed by atoms with Crippen LogP contribution in [0.2, 0.25) is 5.02 Å². The smallest absolute Gasteiger partial charge is 0.507 e. The van der Waals surface area contributed by atoms with Crippen LogP contribution in [-0.4, -0.2) is 35.3 Å². The quantitative estimate of drug-likeness (QED) is 0.289. The highest BCUT2D eigenvalue weighted by atomic mass is 35.5. The Morgan fingerprint density at radius 3 is 2.49 bits per heavy atom. The summed E-state index contributed by atoms with van der Waals surface area (Å²) in [7, 11) is 1.40. The van der Waals surface area contributed by atoms with Gasteiger partial charge in [-0.1, -0.05) is 23.7 Å². The van der Waals surface area contributed by atoms with Gasteiger partial charge in [-0.2, -0.15) is 0 Å². The molecule has 180 valence electrons. The number of alkyl halides is 3. The van der Waals surface area contributed by atoms with Crippen LogP contribution in [0.25, 0.3) is 5.76 Å².